The molecule has 0 unspecified atom stereocenters. The van der Waals surface area contributed by atoms with E-state index in [1.807, 2.05) is 36.2 Å². The van der Waals surface area contributed by atoms with Crippen LogP contribution >= 0.6 is 11.6 Å². The number of hydrogen-bond donors (Lipinski definition) is 0. The minimum Gasteiger partial charge on any atom is -0.497 e. The predicted octanol–water partition coefficient (Wildman–Crippen LogP) is 3.70. The topological polar surface area (TPSA) is 46.6 Å². The molecule has 0 saturated heterocycles. The number of Topliss-reactive ketones (excluding diaryl/α,β-unsaturated/α-hetero) is 2. The SMILES string of the molecule is COc1ccc(N(C)CC2=C(Cl)C(=O)c3ccccc3C2=O)cc1. The van der Waals surface area contributed by atoms with Gasteiger partial charge in [0.05, 0.1) is 12.1 Å². The van der Waals surface area contributed by atoms with Crippen LogP contribution in [0.1, 0.15) is 20.7 Å². The number of fused-ring (bicyclic) bond motifs is 1. The van der Waals surface area contributed by atoms with E-state index in [0.29, 0.717) is 16.7 Å². The number of hydrogen-bond acceptors (Lipinski definition) is 4. The molecule has 0 saturated carbocycles. The molecule has 1 aliphatic carbocycles. The van der Waals surface area contributed by atoms with Gasteiger partial charge < -0.3 is 9.64 Å². The van der Waals surface area contributed by atoms with Crippen molar-refractivity contribution in [3.63, 3.8) is 0 Å². The normalized spacial score (nSPS) is 13.8. The van der Waals surface area contributed by atoms with Gasteiger partial charge in [0.15, 0.2) is 5.78 Å². The molecule has 0 N–H and O–H groups in total. The third-order valence-corrected chi connectivity index (χ3v) is 4.46. The fourth-order valence-electron chi connectivity index (χ4n) is 2.70. The molecule has 3 rings (SSSR count). The lowest BCUT2D eigenvalue weighted by Gasteiger charge is -2.24. The number of carbonyl (C=O) groups is 2. The van der Waals surface area contributed by atoms with Crippen LogP contribution in [0.3, 0.4) is 0 Å². The molecule has 2 aromatic carbocycles. The molecule has 5 heteroatoms. The van der Waals surface area contributed by atoms with E-state index in [0.717, 1.165) is 11.4 Å². The number of methoxy groups -OCH3 is 1. The van der Waals surface area contributed by atoms with Crippen molar-refractivity contribution in [3.8, 4) is 5.75 Å². The van der Waals surface area contributed by atoms with Crippen LogP contribution in [-0.2, 0) is 0 Å². The molecule has 0 radical (unpaired) electrons. The Kier molecular flexibility index (Phi) is 4.40. The minimum absolute atomic E-state index is 0.000869. The monoisotopic (exact) mass is 341 g/mol. The summed E-state index contributed by atoms with van der Waals surface area (Å²) in [6.45, 7) is 0.254. The first-order valence-electron chi connectivity index (χ1n) is 7.45. The largest absolute Gasteiger partial charge is 0.497 e. The standard InChI is InChI=1S/C19H16ClNO3/c1-21(12-7-9-13(24-2)10-8-12)11-16-17(20)19(23)15-6-4-3-5-14(15)18(16)22/h3-10H,11H2,1-2H3. The van der Waals surface area contributed by atoms with E-state index in [1.165, 1.54) is 0 Å². The van der Waals surface area contributed by atoms with Crippen LogP contribution in [0, 0.1) is 0 Å². The van der Waals surface area contributed by atoms with E-state index >= 15 is 0 Å². The van der Waals surface area contributed by atoms with E-state index in [2.05, 4.69) is 0 Å². The minimum atomic E-state index is -0.301. The van der Waals surface area contributed by atoms with Crippen LogP contribution in [0.25, 0.3) is 0 Å². The summed E-state index contributed by atoms with van der Waals surface area (Å²) in [5.74, 6) is 0.253. The molecular weight excluding hydrogens is 326 g/mol. The highest BCUT2D eigenvalue weighted by molar-refractivity contribution is 6.50. The van der Waals surface area contributed by atoms with Crippen LogP contribution in [0.4, 0.5) is 5.69 Å². The van der Waals surface area contributed by atoms with Crippen molar-refractivity contribution in [2.45, 2.75) is 0 Å². The summed E-state index contributed by atoms with van der Waals surface area (Å²) in [4.78, 5) is 27.0. The molecular formula is C19H16ClNO3. The summed E-state index contributed by atoms with van der Waals surface area (Å²) in [7, 11) is 3.45. The summed E-state index contributed by atoms with van der Waals surface area (Å²) < 4.78 is 5.14. The Hall–Kier alpha value is -2.59. The van der Waals surface area contributed by atoms with Crippen molar-refractivity contribution >= 4 is 28.9 Å². The summed E-state index contributed by atoms with van der Waals surface area (Å²) in [6.07, 6.45) is 0. The number of allylic oxidation sites excluding steroid dienone is 1. The van der Waals surface area contributed by atoms with Gasteiger partial charge in [0, 0.05) is 36.0 Å². The number of rotatable bonds is 4. The maximum atomic E-state index is 12.7. The highest BCUT2D eigenvalue weighted by Gasteiger charge is 2.31. The Morgan fingerprint density at radius 1 is 0.958 bits per heavy atom. The fraction of sp³-hybridized carbons (Fsp3) is 0.158. The van der Waals surface area contributed by atoms with Gasteiger partial charge >= 0.3 is 0 Å². The van der Waals surface area contributed by atoms with Crippen molar-refractivity contribution in [2.75, 3.05) is 25.6 Å². The zero-order valence-corrected chi connectivity index (χ0v) is 14.1. The van der Waals surface area contributed by atoms with Crippen LogP contribution in [-0.4, -0.2) is 32.3 Å². The maximum Gasteiger partial charge on any atom is 0.205 e. The fourth-order valence-corrected chi connectivity index (χ4v) is 2.95. The summed E-state index contributed by atoms with van der Waals surface area (Å²) in [6, 6.07) is 14.2. The molecule has 122 valence electrons. The molecule has 0 fully saturated rings. The number of nitrogens with zero attached hydrogens (tertiary/aromatic N) is 1. The van der Waals surface area contributed by atoms with E-state index in [-0.39, 0.29) is 23.1 Å². The summed E-state index contributed by atoms with van der Waals surface area (Å²) in [5.41, 5.74) is 1.99. The van der Waals surface area contributed by atoms with E-state index in [1.54, 1.807) is 31.4 Å². The molecule has 0 amide bonds. The lowest BCUT2D eigenvalue weighted by molar-refractivity contribution is 0.0979. The van der Waals surface area contributed by atoms with Gasteiger partial charge in [-0.05, 0) is 24.3 Å². The molecule has 2 aromatic rings. The number of ketones is 2. The Morgan fingerprint density at radius 2 is 1.54 bits per heavy atom. The van der Waals surface area contributed by atoms with E-state index < -0.39 is 0 Å². The third-order valence-electron chi connectivity index (χ3n) is 4.06. The van der Waals surface area contributed by atoms with Gasteiger partial charge in [-0.2, -0.15) is 0 Å². The first-order valence-corrected chi connectivity index (χ1v) is 7.83. The smallest absolute Gasteiger partial charge is 0.205 e. The van der Waals surface area contributed by atoms with Crippen LogP contribution < -0.4 is 9.64 Å². The van der Waals surface area contributed by atoms with Gasteiger partial charge in [-0.15, -0.1) is 0 Å². The van der Waals surface area contributed by atoms with E-state index in [4.69, 9.17) is 16.3 Å². The first-order chi connectivity index (χ1) is 11.5. The van der Waals surface area contributed by atoms with Crippen LogP contribution in [0.2, 0.25) is 0 Å². The first kappa shape index (κ1) is 16.3. The second-order valence-corrected chi connectivity index (χ2v) is 5.93. The number of likely N-dealkylation sites (N-methyl/N-ethyl adjacent to an activating group) is 1. The Labute approximate surface area is 145 Å². The van der Waals surface area contributed by atoms with Crippen molar-refractivity contribution in [3.05, 3.63) is 70.3 Å². The third kappa shape index (κ3) is 2.81. The summed E-state index contributed by atoms with van der Waals surface area (Å²) in [5, 5.41) is -0.000869. The van der Waals surface area contributed by atoms with E-state index in [9.17, 15) is 9.59 Å². The highest BCUT2D eigenvalue weighted by atomic mass is 35.5. The Morgan fingerprint density at radius 3 is 2.12 bits per heavy atom. The van der Waals surface area contributed by atoms with Crippen LogP contribution in [0.15, 0.2) is 59.1 Å². The van der Waals surface area contributed by atoms with Gasteiger partial charge in [0.1, 0.15) is 5.75 Å². The molecule has 0 heterocycles. The van der Waals surface area contributed by atoms with Gasteiger partial charge in [-0.1, -0.05) is 35.9 Å². The van der Waals surface area contributed by atoms with Gasteiger partial charge in [-0.3, -0.25) is 9.59 Å². The number of benzene rings is 2. The predicted molar refractivity (Wildman–Crippen MR) is 94.2 cm³/mol. The van der Waals surface area contributed by atoms with Crippen LogP contribution in [0.5, 0.6) is 5.75 Å². The zero-order chi connectivity index (χ0) is 17.3. The van der Waals surface area contributed by atoms with Gasteiger partial charge in [0.25, 0.3) is 0 Å². The number of halogens is 1. The van der Waals surface area contributed by atoms with Crippen molar-refractivity contribution < 1.29 is 14.3 Å². The average Bonchev–Trinajstić information content (AvgIpc) is 2.63. The molecule has 0 aliphatic heterocycles. The number of ether oxygens (including phenoxy) is 1. The molecule has 24 heavy (non-hydrogen) atoms. The molecule has 0 bridgehead atoms. The average molecular weight is 342 g/mol. The van der Waals surface area contributed by atoms with Crippen molar-refractivity contribution in [1.29, 1.82) is 0 Å². The maximum absolute atomic E-state index is 12.7. The quantitative estimate of drug-likeness (QED) is 0.850. The van der Waals surface area contributed by atoms with Crippen molar-refractivity contribution in [2.24, 2.45) is 0 Å². The number of carbonyl (C=O) groups excluding carboxylic acids is 2. The second kappa shape index (κ2) is 6.49. The second-order valence-electron chi connectivity index (χ2n) is 5.55. The molecule has 0 atom stereocenters. The summed E-state index contributed by atoms with van der Waals surface area (Å²) >= 11 is 6.20. The molecule has 1 aliphatic rings. The van der Waals surface area contributed by atoms with Gasteiger partial charge in [0.2, 0.25) is 5.78 Å². The van der Waals surface area contributed by atoms with Gasteiger partial charge in [-0.25, -0.2) is 0 Å². The van der Waals surface area contributed by atoms with Crippen molar-refractivity contribution in [1.82, 2.24) is 0 Å². The highest BCUT2D eigenvalue weighted by Crippen LogP contribution is 2.30. The molecule has 0 aromatic heterocycles. The molecule has 4 nitrogen and oxygen atoms in total. The molecule has 0 spiro atoms. The number of anilines is 1. The lowest BCUT2D eigenvalue weighted by atomic mass is 9.89. The Bertz CT molecular complexity index is 840. The Balaban J connectivity index is 1.90. The lowest BCUT2D eigenvalue weighted by Crippen LogP contribution is -2.29. The zero-order valence-electron chi connectivity index (χ0n) is 13.4.